The molecule has 5 aromatic rings. The van der Waals surface area contributed by atoms with Gasteiger partial charge in [-0.15, -0.1) is 0 Å². The van der Waals surface area contributed by atoms with Gasteiger partial charge in [-0.3, -0.25) is 14.6 Å². The van der Waals surface area contributed by atoms with Crippen LogP contribution in [0, 0.1) is 0 Å². The molecule has 0 unspecified atom stereocenters. The average Bonchev–Trinajstić information content (AvgIpc) is 3.67. The molecule has 34 heavy (non-hydrogen) atoms. The van der Waals surface area contributed by atoms with Crippen LogP contribution in [0.4, 0.5) is 0 Å². The first-order valence-corrected chi connectivity index (χ1v) is 11.7. The van der Waals surface area contributed by atoms with Crippen molar-refractivity contribution in [3.05, 3.63) is 96.8 Å². The third-order valence-corrected chi connectivity index (χ3v) is 6.51. The van der Waals surface area contributed by atoms with Crippen molar-refractivity contribution >= 4 is 0 Å². The first kappa shape index (κ1) is 20.6. The maximum atomic E-state index is 5.41. The van der Waals surface area contributed by atoms with Crippen molar-refractivity contribution in [3.8, 4) is 28.7 Å². The lowest BCUT2D eigenvalue weighted by Crippen LogP contribution is -2.32. The van der Waals surface area contributed by atoms with E-state index < -0.39 is 0 Å². The SMILES string of the molecule is c1ccc(-n2ccnc2-c2ccc(CN3CCC(c4nc(-c5ccco5)n[nH]4)CC3)cc2)cc1. The first-order valence-electron chi connectivity index (χ1n) is 11.7. The minimum Gasteiger partial charge on any atom is -0.461 e. The van der Waals surface area contributed by atoms with Gasteiger partial charge in [0, 0.05) is 36.1 Å². The molecule has 0 aliphatic carbocycles. The summed E-state index contributed by atoms with van der Waals surface area (Å²) in [6, 6.07) is 22.8. The number of piperidine rings is 1. The summed E-state index contributed by atoms with van der Waals surface area (Å²) in [5, 5.41) is 7.44. The van der Waals surface area contributed by atoms with Gasteiger partial charge in [-0.1, -0.05) is 42.5 Å². The maximum Gasteiger partial charge on any atom is 0.216 e. The lowest BCUT2D eigenvalue weighted by Gasteiger charge is -2.30. The number of nitrogens with zero attached hydrogens (tertiary/aromatic N) is 5. The van der Waals surface area contributed by atoms with Gasteiger partial charge in [-0.25, -0.2) is 9.97 Å². The minimum atomic E-state index is 0.409. The Labute approximate surface area is 198 Å². The largest absolute Gasteiger partial charge is 0.461 e. The van der Waals surface area contributed by atoms with Crippen molar-refractivity contribution in [2.45, 2.75) is 25.3 Å². The molecule has 0 spiro atoms. The monoisotopic (exact) mass is 450 g/mol. The van der Waals surface area contributed by atoms with Gasteiger partial charge in [0.15, 0.2) is 5.76 Å². The Morgan fingerprint density at radius 2 is 1.76 bits per heavy atom. The third kappa shape index (κ3) is 4.18. The number of aromatic nitrogens is 5. The van der Waals surface area contributed by atoms with Crippen LogP contribution in [0.2, 0.25) is 0 Å². The molecule has 7 heteroatoms. The highest BCUT2D eigenvalue weighted by Gasteiger charge is 2.24. The van der Waals surface area contributed by atoms with Crippen LogP contribution in [0.5, 0.6) is 0 Å². The zero-order chi connectivity index (χ0) is 22.7. The molecule has 1 aliphatic heterocycles. The molecule has 3 aromatic heterocycles. The zero-order valence-electron chi connectivity index (χ0n) is 18.8. The Hall–Kier alpha value is -3.97. The van der Waals surface area contributed by atoms with Crippen LogP contribution < -0.4 is 0 Å². The molecule has 1 aliphatic rings. The van der Waals surface area contributed by atoms with Gasteiger partial charge in [0.2, 0.25) is 5.82 Å². The van der Waals surface area contributed by atoms with E-state index in [0.717, 1.165) is 55.4 Å². The number of imidazole rings is 1. The zero-order valence-corrected chi connectivity index (χ0v) is 18.8. The second-order valence-electron chi connectivity index (χ2n) is 8.73. The predicted octanol–water partition coefficient (Wildman–Crippen LogP) is 5.30. The van der Waals surface area contributed by atoms with Gasteiger partial charge >= 0.3 is 0 Å². The number of likely N-dealkylation sites (tertiary alicyclic amines) is 1. The predicted molar refractivity (Wildman–Crippen MR) is 130 cm³/mol. The molecule has 2 aromatic carbocycles. The molecular weight excluding hydrogens is 424 g/mol. The van der Waals surface area contributed by atoms with Crippen LogP contribution in [-0.4, -0.2) is 42.7 Å². The maximum absolute atomic E-state index is 5.41. The summed E-state index contributed by atoms with van der Waals surface area (Å²) >= 11 is 0. The van der Waals surface area contributed by atoms with Crippen molar-refractivity contribution < 1.29 is 4.42 Å². The van der Waals surface area contributed by atoms with E-state index in [1.807, 2.05) is 42.7 Å². The highest BCUT2D eigenvalue weighted by molar-refractivity contribution is 5.59. The molecule has 0 atom stereocenters. The Morgan fingerprint density at radius 1 is 0.941 bits per heavy atom. The topological polar surface area (TPSA) is 75.8 Å². The van der Waals surface area contributed by atoms with E-state index in [9.17, 15) is 0 Å². The molecule has 0 bridgehead atoms. The van der Waals surface area contributed by atoms with Crippen molar-refractivity contribution in [2.24, 2.45) is 0 Å². The number of aromatic amines is 1. The highest BCUT2D eigenvalue weighted by Crippen LogP contribution is 2.28. The van der Waals surface area contributed by atoms with Crippen LogP contribution in [0.1, 0.15) is 30.1 Å². The molecule has 0 radical (unpaired) electrons. The summed E-state index contributed by atoms with van der Waals surface area (Å²) in [6.45, 7) is 3.04. The van der Waals surface area contributed by atoms with Crippen LogP contribution in [-0.2, 0) is 6.54 Å². The minimum absolute atomic E-state index is 0.409. The van der Waals surface area contributed by atoms with Gasteiger partial charge in [0.1, 0.15) is 11.6 Å². The molecule has 1 fully saturated rings. The van der Waals surface area contributed by atoms with Crippen molar-refractivity contribution in [1.82, 2.24) is 29.6 Å². The number of nitrogens with one attached hydrogen (secondary N) is 1. The fourth-order valence-electron chi connectivity index (χ4n) is 4.67. The van der Waals surface area contributed by atoms with Gasteiger partial charge < -0.3 is 4.42 Å². The van der Waals surface area contributed by atoms with E-state index in [0.29, 0.717) is 17.5 Å². The van der Waals surface area contributed by atoms with E-state index in [4.69, 9.17) is 4.42 Å². The Balaban J connectivity index is 1.08. The van der Waals surface area contributed by atoms with Crippen LogP contribution in [0.25, 0.3) is 28.7 Å². The number of benzene rings is 2. The molecule has 1 saturated heterocycles. The average molecular weight is 451 g/mol. The summed E-state index contributed by atoms with van der Waals surface area (Å²) in [5.74, 6) is 3.67. The Bertz CT molecular complexity index is 1330. The van der Waals surface area contributed by atoms with Gasteiger partial charge in [0.25, 0.3) is 0 Å². The highest BCUT2D eigenvalue weighted by atomic mass is 16.3. The van der Waals surface area contributed by atoms with Crippen molar-refractivity contribution in [2.75, 3.05) is 13.1 Å². The van der Waals surface area contributed by atoms with E-state index in [2.05, 4.69) is 66.0 Å². The quantitative estimate of drug-likeness (QED) is 0.380. The summed E-state index contributed by atoms with van der Waals surface area (Å²) < 4.78 is 7.53. The molecular formula is C27H26N6O. The Morgan fingerprint density at radius 3 is 2.53 bits per heavy atom. The molecule has 6 rings (SSSR count). The van der Waals surface area contributed by atoms with E-state index in [-0.39, 0.29) is 0 Å². The van der Waals surface area contributed by atoms with Crippen LogP contribution in [0.15, 0.2) is 89.8 Å². The second-order valence-corrected chi connectivity index (χ2v) is 8.73. The fraction of sp³-hybridized carbons (Fsp3) is 0.222. The van der Waals surface area contributed by atoms with Crippen molar-refractivity contribution in [3.63, 3.8) is 0 Å². The van der Waals surface area contributed by atoms with Gasteiger partial charge in [-0.2, -0.15) is 5.10 Å². The lowest BCUT2D eigenvalue weighted by molar-refractivity contribution is 0.202. The normalized spacial score (nSPS) is 15.1. The first-order chi connectivity index (χ1) is 16.8. The number of furan rings is 1. The molecule has 4 heterocycles. The standard InChI is InChI=1S/C27H26N6O/c1-2-5-23(6-3-1)33-17-14-28-27(33)22-10-8-20(9-11-22)19-32-15-12-21(13-16-32)25-29-26(31-30-25)24-7-4-18-34-24/h1-11,14,17-18,21H,12-13,15-16,19H2,(H,29,30,31). The lowest BCUT2D eigenvalue weighted by atomic mass is 9.96. The van der Waals surface area contributed by atoms with E-state index >= 15 is 0 Å². The summed E-state index contributed by atoms with van der Waals surface area (Å²) in [7, 11) is 0. The third-order valence-electron chi connectivity index (χ3n) is 6.51. The summed E-state index contributed by atoms with van der Waals surface area (Å²) in [6.07, 6.45) is 7.65. The van der Waals surface area contributed by atoms with Crippen molar-refractivity contribution in [1.29, 1.82) is 0 Å². The number of H-pyrrole nitrogens is 1. The molecule has 7 nitrogen and oxygen atoms in total. The smallest absolute Gasteiger partial charge is 0.216 e. The molecule has 1 N–H and O–H groups in total. The van der Waals surface area contributed by atoms with Crippen LogP contribution in [0.3, 0.4) is 0 Å². The number of para-hydroxylation sites is 1. The van der Waals surface area contributed by atoms with Crippen LogP contribution >= 0.6 is 0 Å². The summed E-state index contributed by atoms with van der Waals surface area (Å²) in [5.41, 5.74) is 3.55. The van der Waals surface area contributed by atoms with Gasteiger partial charge in [-0.05, 0) is 55.8 Å². The van der Waals surface area contributed by atoms with E-state index in [1.165, 1.54) is 5.56 Å². The molecule has 170 valence electrons. The van der Waals surface area contributed by atoms with E-state index in [1.54, 1.807) is 6.26 Å². The van der Waals surface area contributed by atoms with Gasteiger partial charge in [0.05, 0.1) is 6.26 Å². The number of hydrogen-bond donors (Lipinski definition) is 1. The molecule has 0 saturated carbocycles. The fourth-order valence-corrected chi connectivity index (χ4v) is 4.67. The second kappa shape index (κ2) is 9.11. The molecule has 0 amide bonds. The number of hydrogen-bond acceptors (Lipinski definition) is 5. The Kier molecular flexibility index (Phi) is 5.53. The summed E-state index contributed by atoms with van der Waals surface area (Å²) in [4.78, 5) is 11.8. The number of rotatable bonds is 6.